The van der Waals surface area contributed by atoms with Crippen molar-refractivity contribution in [1.82, 2.24) is 4.72 Å². The van der Waals surface area contributed by atoms with Crippen molar-refractivity contribution in [3.63, 3.8) is 0 Å². The quantitative estimate of drug-likeness (QED) is 0.808. The Hall–Kier alpha value is -1.82. The second-order valence-electron chi connectivity index (χ2n) is 3.53. The predicted molar refractivity (Wildman–Crippen MR) is 65.2 cm³/mol. The maximum absolute atomic E-state index is 11.7. The van der Waals surface area contributed by atoms with Gasteiger partial charge in [-0.1, -0.05) is 24.1 Å². The SMILES string of the molecule is C#CC(C)NS(=O)(=O)Cc1ccccc1C#N. The Bertz CT molecular complexity index is 579. The Kier molecular flexibility index (Phi) is 4.28. The van der Waals surface area contributed by atoms with Crippen molar-refractivity contribution in [3.8, 4) is 18.4 Å². The van der Waals surface area contributed by atoms with E-state index in [1.54, 1.807) is 31.2 Å². The molecule has 1 aromatic carbocycles. The molecule has 0 heterocycles. The lowest BCUT2D eigenvalue weighted by Gasteiger charge is -2.09. The van der Waals surface area contributed by atoms with E-state index in [0.29, 0.717) is 11.1 Å². The van der Waals surface area contributed by atoms with Gasteiger partial charge in [-0.3, -0.25) is 0 Å². The van der Waals surface area contributed by atoms with Crippen LogP contribution in [0, 0.1) is 23.7 Å². The minimum atomic E-state index is -3.52. The first-order valence-corrected chi connectivity index (χ1v) is 6.58. The highest BCUT2D eigenvalue weighted by molar-refractivity contribution is 7.88. The molecule has 0 saturated heterocycles. The Morgan fingerprint density at radius 2 is 2.12 bits per heavy atom. The molecule has 17 heavy (non-hydrogen) atoms. The number of sulfonamides is 1. The molecule has 88 valence electrons. The van der Waals surface area contributed by atoms with Gasteiger partial charge in [0.1, 0.15) is 0 Å². The number of hydrogen-bond donors (Lipinski definition) is 1. The maximum Gasteiger partial charge on any atom is 0.216 e. The van der Waals surface area contributed by atoms with Gasteiger partial charge in [0.05, 0.1) is 23.4 Å². The molecule has 5 heteroatoms. The molecule has 0 aromatic heterocycles. The molecule has 0 aliphatic heterocycles. The van der Waals surface area contributed by atoms with Crippen LogP contribution in [-0.2, 0) is 15.8 Å². The number of hydrogen-bond acceptors (Lipinski definition) is 3. The molecule has 0 radical (unpaired) electrons. The lowest BCUT2D eigenvalue weighted by Crippen LogP contribution is -2.32. The molecule has 0 bridgehead atoms. The highest BCUT2D eigenvalue weighted by Crippen LogP contribution is 2.11. The number of rotatable bonds is 4. The number of terminal acetylenes is 1. The molecule has 1 N–H and O–H groups in total. The van der Waals surface area contributed by atoms with E-state index >= 15 is 0 Å². The Balaban J connectivity index is 2.92. The topological polar surface area (TPSA) is 70.0 Å². The fourth-order valence-electron chi connectivity index (χ4n) is 1.30. The normalized spacial score (nSPS) is 12.4. The summed E-state index contributed by atoms with van der Waals surface area (Å²) in [6, 6.07) is 7.96. The second kappa shape index (κ2) is 5.49. The molecule has 1 atom stereocenters. The second-order valence-corrected chi connectivity index (χ2v) is 5.29. The van der Waals surface area contributed by atoms with Crippen LogP contribution in [0.4, 0.5) is 0 Å². The average molecular weight is 248 g/mol. The molecule has 0 aliphatic rings. The summed E-state index contributed by atoms with van der Waals surface area (Å²) in [4.78, 5) is 0. The van der Waals surface area contributed by atoms with Gasteiger partial charge in [0.15, 0.2) is 0 Å². The van der Waals surface area contributed by atoms with Crippen LogP contribution in [0.25, 0.3) is 0 Å². The van der Waals surface area contributed by atoms with Gasteiger partial charge in [-0.25, -0.2) is 13.1 Å². The van der Waals surface area contributed by atoms with Gasteiger partial charge in [0, 0.05) is 0 Å². The van der Waals surface area contributed by atoms with Crippen LogP contribution in [0.1, 0.15) is 18.1 Å². The third-order valence-corrected chi connectivity index (χ3v) is 3.49. The van der Waals surface area contributed by atoms with E-state index in [2.05, 4.69) is 10.6 Å². The molecule has 4 nitrogen and oxygen atoms in total. The summed E-state index contributed by atoms with van der Waals surface area (Å²) >= 11 is 0. The predicted octanol–water partition coefficient (Wildman–Crippen LogP) is 0.999. The molecule has 1 rings (SSSR count). The van der Waals surface area contributed by atoms with Crippen molar-refractivity contribution >= 4 is 10.0 Å². The van der Waals surface area contributed by atoms with E-state index in [0.717, 1.165) is 0 Å². The van der Waals surface area contributed by atoms with Gasteiger partial charge in [-0.2, -0.15) is 5.26 Å². The van der Waals surface area contributed by atoms with Crippen LogP contribution < -0.4 is 4.72 Å². The molecular weight excluding hydrogens is 236 g/mol. The minimum Gasteiger partial charge on any atom is -0.212 e. The number of benzene rings is 1. The van der Waals surface area contributed by atoms with Crippen molar-refractivity contribution < 1.29 is 8.42 Å². The Morgan fingerprint density at radius 1 is 1.47 bits per heavy atom. The van der Waals surface area contributed by atoms with E-state index in [1.807, 2.05) is 6.07 Å². The fraction of sp³-hybridized carbons (Fsp3) is 0.250. The van der Waals surface area contributed by atoms with Crippen molar-refractivity contribution in [2.45, 2.75) is 18.7 Å². The van der Waals surface area contributed by atoms with Gasteiger partial charge in [0.25, 0.3) is 0 Å². The van der Waals surface area contributed by atoms with Crippen LogP contribution in [0.5, 0.6) is 0 Å². The van der Waals surface area contributed by atoms with E-state index < -0.39 is 16.1 Å². The van der Waals surface area contributed by atoms with Gasteiger partial charge >= 0.3 is 0 Å². The van der Waals surface area contributed by atoms with E-state index in [9.17, 15) is 8.42 Å². The maximum atomic E-state index is 11.7. The summed E-state index contributed by atoms with van der Waals surface area (Å²) in [5.41, 5.74) is 0.818. The average Bonchev–Trinajstić information content (AvgIpc) is 2.28. The molecule has 0 saturated carbocycles. The Labute approximate surface area is 101 Å². The molecule has 1 aromatic rings. The van der Waals surface area contributed by atoms with Gasteiger partial charge < -0.3 is 0 Å². The number of nitrogens with zero attached hydrogens (tertiary/aromatic N) is 1. The van der Waals surface area contributed by atoms with Gasteiger partial charge in [-0.15, -0.1) is 6.42 Å². The van der Waals surface area contributed by atoms with E-state index in [-0.39, 0.29) is 5.75 Å². The summed E-state index contributed by atoms with van der Waals surface area (Å²) in [5.74, 6) is 2.03. The fourth-order valence-corrected chi connectivity index (χ4v) is 2.66. The summed E-state index contributed by atoms with van der Waals surface area (Å²) in [6.07, 6.45) is 5.10. The van der Waals surface area contributed by atoms with Crippen molar-refractivity contribution in [2.75, 3.05) is 0 Å². The molecule has 1 unspecified atom stereocenters. The summed E-state index contributed by atoms with van der Waals surface area (Å²) in [6.45, 7) is 1.58. The number of nitriles is 1. The summed E-state index contributed by atoms with van der Waals surface area (Å²) in [5, 5.41) is 8.85. The molecule has 0 amide bonds. The molecule has 0 aliphatic carbocycles. The highest BCUT2D eigenvalue weighted by atomic mass is 32.2. The lowest BCUT2D eigenvalue weighted by molar-refractivity contribution is 0.577. The zero-order valence-electron chi connectivity index (χ0n) is 9.34. The monoisotopic (exact) mass is 248 g/mol. The first kappa shape index (κ1) is 13.2. The van der Waals surface area contributed by atoms with Crippen molar-refractivity contribution in [2.24, 2.45) is 0 Å². The first-order chi connectivity index (χ1) is 7.98. The summed E-state index contributed by atoms with van der Waals surface area (Å²) in [7, 11) is -3.52. The third-order valence-electron chi connectivity index (χ3n) is 2.09. The summed E-state index contributed by atoms with van der Waals surface area (Å²) < 4.78 is 25.8. The van der Waals surface area contributed by atoms with E-state index in [1.165, 1.54) is 0 Å². The van der Waals surface area contributed by atoms with Crippen LogP contribution in [0.3, 0.4) is 0 Å². The minimum absolute atomic E-state index is 0.247. The molecule has 0 fully saturated rings. The van der Waals surface area contributed by atoms with Gasteiger partial charge in [-0.05, 0) is 18.6 Å². The third kappa shape index (κ3) is 3.92. The largest absolute Gasteiger partial charge is 0.216 e. The van der Waals surface area contributed by atoms with Gasteiger partial charge in [0.2, 0.25) is 10.0 Å². The highest BCUT2D eigenvalue weighted by Gasteiger charge is 2.15. The van der Waals surface area contributed by atoms with Crippen LogP contribution in [0.2, 0.25) is 0 Å². The molecular formula is C12H12N2O2S. The van der Waals surface area contributed by atoms with Crippen molar-refractivity contribution in [1.29, 1.82) is 5.26 Å². The van der Waals surface area contributed by atoms with Crippen LogP contribution in [0.15, 0.2) is 24.3 Å². The number of nitrogens with one attached hydrogen (secondary N) is 1. The zero-order chi connectivity index (χ0) is 12.9. The van der Waals surface area contributed by atoms with Crippen molar-refractivity contribution in [3.05, 3.63) is 35.4 Å². The molecule has 0 spiro atoms. The zero-order valence-corrected chi connectivity index (χ0v) is 10.2. The standard InChI is InChI=1S/C12H12N2O2S/c1-3-10(2)14-17(15,16)9-12-7-5-4-6-11(12)8-13/h1,4-7,10,14H,9H2,2H3. The Morgan fingerprint density at radius 3 is 2.71 bits per heavy atom. The van der Waals surface area contributed by atoms with E-state index in [4.69, 9.17) is 11.7 Å². The first-order valence-electron chi connectivity index (χ1n) is 4.92. The van der Waals surface area contributed by atoms with Crippen LogP contribution in [-0.4, -0.2) is 14.5 Å². The smallest absolute Gasteiger partial charge is 0.212 e. The lowest BCUT2D eigenvalue weighted by atomic mass is 10.1. The van der Waals surface area contributed by atoms with Crippen LogP contribution >= 0.6 is 0 Å².